The molecule has 0 bridgehead atoms. The van der Waals surface area contributed by atoms with Gasteiger partial charge in [0, 0.05) is 6.54 Å². The first-order chi connectivity index (χ1) is 11.9. The largest absolute Gasteiger partial charge is 0.479 e. The number of likely N-dealkylation sites (N-methyl/N-ethyl adjacent to an activating group) is 1. The predicted molar refractivity (Wildman–Crippen MR) is 104 cm³/mol. The van der Waals surface area contributed by atoms with Gasteiger partial charge in [-0.25, -0.2) is 4.79 Å². The van der Waals surface area contributed by atoms with Crippen LogP contribution >= 0.6 is 47.2 Å². The molecular weight excluding hydrogens is 405 g/mol. The zero-order valence-electron chi connectivity index (χ0n) is 13.5. The van der Waals surface area contributed by atoms with Gasteiger partial charge in [0.25, 0.3) is 5.91 Å². The molecule has 134 valence electrons. The second-order valence-corrected chi connectivity index (χ2v) is 7.32. The van der Waals surface area contributed by atoms with Gasteiger partial charge in [-0.15, -0.1) is 0 Å². The molecule has 0 aliphatic carbocycles. The third kappa shape index (κ3) is 4.88. The molecule has 25 heavy (non-hydrogen) atoms. The van der Waals surface area contributed by atoms with Crippen molar-refractivity contribution in [3.63, 3.8) is 0 Å². The van der Waals surface area contributed by atoms with Crippen molar-refractivity contribution in [1.82, 2.24) is 4.90 Å². The van der Waals surface area contributed by atoms with Crippen molar-refractivity contribution in [2.24, 2.45) is 0 Å². The molecule has 2 rings (SSSR count). The zero-order valence-corrected chi connectivity index (χ0v) is 16.7. The monoisotopic (exact) mass is 419 g/mol. The maximum absolute atomic E-state index is 12.2. The normalized spacial score (nSPS) is 15.8. The molecule has 9 heteroatoms. The van der Waals surface area contributed by atoms with Gasteiger partial charge >= 0.3 is 5.97 Å². The van der Waals surface area contributed by atoms with Crippen molar-refractivity contribution in [1.29, 1.82) is 0 Å². The van der Waals surface area contributed by atoms with Crippen LogP contribution in [0.2, 0.25) is 10.0 Å². The van der Waals surface area contributed by atoms with Crippen molar-refractivity contribution in [3.05, 3.63) is 32.6 Å². The molecule has 0 unspecified atom stereocenters. The minimum absolute atomic E-state index is 0.146. The molecule has 0 spiro atoms. The number of nitrogens with zero attached hydrogens (tertiary/aromatic N) is 1. The molecule has 0 radical (unpaired) electrons. The lowest BCUT2D eigenvalue weighted by molar-refractivity contribution is -0.145. The van der Waals surface area contributed by atoms with Crippen LogP contribution in [0.15, 0.2) is 17.0 Å². The Morgan fingerprint density at radius 2 is 1.96 bits per heavy atom. The summed E-state index contributed by atoms with van der Waals surface area (Å²) in [6, 6.07) is 3.21. The molecule has 0 aromatic heterocycles. The maximum Gasteiger partial charge on any atom is 0.344 e. The van der Waals surface area contributed by atoms with Crippen LogP contribution in [0.4, 0.5) is 0 Å². The number of amides is 1. The second-order valence-electron chi connectivity index (χ2n) is 4.83. The summed E-state index contributed by atoms with van der Waals surface area (Å²) in [6.07, 6.45) is 1.67. The van der Waals surface area contributed by atoms with Crippen molar-refractivity contribution < 1.29 is 19.1 Å². The van der Waals surface area contributed by atoms with Crippen molar-refractivity contribution in [3.8, 4) is 5.75 Å². The van der Waals surface area contributed by atoms with Crippen molar-refractivity contribution in [2.45, 2.75) is 13.8 Å². The number of ether oxygens (including phenoxy) is 2. The van der Waals surface area contributed by atoms with Crippen LogP contribution in [0.1, 0.15) is 19.4 Å². The number of hydrogen-bond donors (Lipinski definition) is 0. The SMILES string of the molecule is CCOC(=O)COc1c(Cl)cc(/C=C2/SC(=S)N(CC)C2=O)cc1Cl. The minimum Gasteiger partial charge on any atom is -0.479 e. The van der Waals surface area contributed by atoms with E-state index in [4.69, 9.17) is 44.9 Å². The van der Waals surface area contributed by atoms with Crippen LogP contribution in [0, 0.1) is 0 Å². The summed E-state index contributed by atoms with van der Waals surface area (Å²) in [5.74, 6) is -0.469. The van der Waals surface area contributed by atoms with E-state index in [1.807, 2.05) is 6.92 Å². The van der Waals surface area contributed by atoms with Crippen molar-refractivity contribution in [2.75, 3.05) is 19.8 Å². The Labute approximate surface area is 165 Å². The molecular formula is C16H15Cl2NO4S2. The first kappa shape index (κ1) is 20.0. The molecule has 0 atom stereocenters. The standard InChI is InChI=1S/C16H15Cl2NO4S2/c1-3-19-15(21)12(25-16(19)24)7-9-5-10(17)14(11(18)6-9)23-8-13(20)22-4-2/h5-7H,3-4,8H2,1-2H3/b12-7+. The molecule has 1 fully saturated rings. The summed E-state index contributed by atoms with van der Waals surface area (Å²) in [5, 5.41) is 0.461. The molecule has 1 aromatic rings. The summed E-state index contributed by atoms with van der Waals surface area (Å²) in [5.41, 5.74) is 0.634. The third-order valence-electron chi connectivity index (χ3n) is 3.15. The van der Waals surface area contributed by atoms with E-state index in [9.17, 15) is 9.59 Å². The Morgan fingerprint density at radius 3 is 2.48 bits per heavy atom. The van der Waals surface area contributed by atoms with Gasteiger partial charge < -0.3 is 9.47 Å². The van der Waals surface area contributed by atoms with E-state index < -0.39 is 5.97 Å². The summed E-state index contributed by atoms with van der Waals surface area (Å²) in [4.78, 5) is 25.6. The van der Waals surface area contributed by atoms with Crippen LogP contribution in [-0.2, 0) is 14.3 Å². The van der Waals surface area contributed by atoms with E-state index in [0.717, 1.165) is 0 Å². The van der Waals surface area contributed by atoms with Gasteiger partial charge in [0.1, 0.15) is 4.32 Å². The smallest absolute Gasteiger partial charge is 0.344 e. The molecule has 0 N–H and O–H groups in total. The van der Waals surface area contributed by atoms with Gasteiger partial charge in [-0.1, -0.05) is 47.2 Å². The second kappa shape index (κ2) is 8.89. The summed E-state index contributed by atoms with van der Waals surface area (Å²) < 4.78 is 10.6. The Kier molecular flexibility index (Phi) is 7.13. The molecule has 1 saturated heterocycles. The zero-order chi connectivity index (χ0) is 18.6. The van der Waals surface area contributed by atoms with Gasteiger partial charge in [0.15, 0.2) is 12.4 Å². The number of carbonyl (C=O) groups excluding carboxylic acids is 2. The van der Waals surface area contributed by atoms with Gasteiger partial charge in [0.05, 0.1) is 21.6 Å². The predicted octanol–water partition coefficient (Wildman–Crippen LogP) is 4.16. The summed E-state index contributed by atoms with van der Waals surface area (Å²) in [6.45, 7) is 4.05. The molecule has 1 aromatic carbocycles. The van der Waals surface area contributed by atoms with Crippen LogP contribution in [0.5, 0.6) is 5.75 Å². The molecule has 1 aliphatic heterocycles. The number of hydrogen-bond acceptors (Lipinski definition) is 6. The van der Waals surface area contributed by atoms with Gasteiger partial charge in [0.2, 0.25) is 0 Å². The number of carbonyl (C=O) groups is 2. The van der Waals surface area contributed by atoms with E-state index in [2.05, 4.69) is 0 Å². The highest BCUT2D eigenvalue weighted by molar-refractivity contribution is 8.26. The molecule has 0 saturated carbocycles. The van der Waals surface area contributed by atoms with E-state index in [0.29, 0.717) is 21.3 Å². The highest BCUT2D eigenvalue weighted by Crippen LogP contribution is 2.37. The molecule has 1 amide bonds. The fourth-order valence-electron chi connectivity index (χ4n) is 2.06. The Hall–Kier alpha value is -1.28. The first-order valence-corrected chi connectivity index (χ1v) is 9.38. The van der Waals surface area contributed by atoms with E-state index >= 15 is 0 Å². The average Bonchev–Trinajstić information content (AvgIpc) is 2.80. The van der Waals surface area contributed by atoms with E-state index in [1.165, 1.54) is 16.7 Å². The lowest BCUT2D eigenvalue weighted by Gasteiger charge is -2.11. The number of thioether (sulfide) groups is 1. The fraction of sp³-hybridized carbons (Fsp3) is 0.312. The number of esters is 1. The highest BCUT2D eigenvalue weighted by atomic mass is 35.5. The van der Waals surface area contributed by atoms with E-state index in [1.54, 1.807) is 25.1 Å². The minimum atomic E-state index is -0.512. The molecule has 5 nitrogen and oxygen atoms in total. The van der Waals surface area contributed by atoms with Crippen LogP contribution in [0.3, 0.4) is 0 Å². The van der Waals surface area contributed by atoms with Crippen LogP contribution < -0.4 is 4.74 Å². The third-order valence-corrected chi connectivity index (χ3v) is 5.09. The molecule has 1 heterocycles. The Morgan fingerprint density at radius 1 is 1.32 bits per heavy atom. The van der Waals surface area contributed by atoms with Gasteiger partial charge in [-0.2, -0.15) is 0 Å². The Bertz CT molecular complexity index is 729. The number of halogens is 2. The quantitative estimate of drug-likeness (QED) is 0.392. The Balaban J connectivity index is 2.20. The highest BCUT2D eigenvalue weighted by Gasteiger charge is 2.30. The maximum atomic E-state index is 12.2. The lowest BCUT2D eigenvalue weighted by atomic mass is 10.2. The fourth-order valence-corrected chi connectivity index (χ4v) is 4.06. The average molecular weight is 420 g/mol. The number of rotatable bonds is 6. The van der Waals surface area contributed by atoms with Crippen LogP contribution in [-0.4, -0.2) is 40.9 Å². The van der Waals surface area contributed by atoms with E-state index in [-0.39, 0.29) is 34.9 Å². The number of thiocarbonyl (C=S) groups is 1. The first-order valence-electron chi connectivity index (χ1n) is 7.40. The van der Waals surface area contributed by atoms with Gasteiger partial charge in [-0.3, -0.25) is 9.69 Å². The summed E-state index contributed by atoms with van der Waals surface area (Å²) in [7, 11) is 0. The van der Waals surface area contributed by atoms with Gasteiger partial charge in [-0.05, 0) is 37.6 Å². The van der Waals surface area contributed by atoms with Crippen LogP contribution in [0.25, 0.3) is 6.08 Å². The molecule has 1 aliphatic rings. The summed E-state index contributed by atoms with van der Waals surface area (Å²) >= 11 is 18.8. The lowest BCUT2D eigenvalue weighted by Crippen LogP contribution is -2.27. The topological polar surface area (TPSA) is 55.8 Å². The number of benzene rings is 1. The van der Waals surface area contributed by atoms with Crippen molar-refractivity contribution >= 4 is 69.5 Å².